The van der Waals surface area contributed by atoms with Gasteiger partial charge in [0.15, 0.2) is 0 Å². The summed E-state index contributed by atoms with van der Waals surface area (Å²) in [5.41, 5.74) is 9.90. The van der Waals surface area contributed by atoms with Crippen molar-refractivity contribution in [3.8, 4) is 5.75 Å². The summed E-state index contributed by atoms with van der Waals surface area (Å²) < 4.78 is 0. The third-order valence-electron chi connectivity index (χ3n) is 4.79. The summed E-state index contributed by atoms with van der Waals surface area (Å²) in [7, 11) is 0. The summed E-state index contributed by atoms with van der Waals surface area (Å²) in [4.78, 5) is 11.2. The fourth-order valence-corrected chi connectivity index (χ4v) is 3.12. The van der Waals surface area contributed by atoms with E-state index in [0.29, 0.717) is 11.4 Å². The van der Waals surface area contributed by atoms with Gasteiger partial charge in [0, 0.05) is 5.56 Å². The minimum absolute atomic E-state index is 0.0917. The van der Waals surface area contributed by atoms with E-state index in [1.54, 1.807) is 23.2 Å². The molecule has 1 aliphatic heterocycles. The van der Waals surface area contributed by atoms with Crippen molar-refractivity contribution in [2.45, 2.75) is 52.4 Å². The molecule has 0 spiro atoms. The lowest BCUT2D eigenvalue weighted by atomic mass is 9.79. The Kier molecular flexibility index (Phi) is 4.35. The maximum absolute atomic E-state index is 11.2. The molecule has 27 heavy (non-hydrogen) atoms. The summed E-state index contributed by atoms with van der Waals surface area (Å²) in [6.45, 7) is 12.6. The first-order chi connectivity index (χ1) is 12.4. The number of aromatic hydroxyl groups is 1. The van der Waals surface area contributed by atoms with Crippen molar-refractivity contribution >= 4 is 23.0 Å². The van der Waals surface area contributed by atoms with Gasteiger partial charge in [0.25, 0.3) is 0 Å². The summed E-state index contributed by atoms with van der Waals surface area (Å²) in [5.74, 6) is -0.773. The summed E-state index contributed by atoms with van der Waals surface area (Å²) >= 11 is 0. The van der Waals surface area contributed by atoms with Crippen molar-refractivity contribution in [2.24, 2.45) is 0 Å². The molecule has 0 bridgehead atoms. The Morgan fingerprint density at radius 2 is 1.63 bits per heavy atom. The third-order valence-corrected chi connectivity index (χ3v) is 4.79. The zero-order chi connectivity index (χ0) is 20.1. The zero-order valence-electron chi connectivity index (χ0n) is 16.6. The molecule has 4 N–H and O–H groups in total. The van der Waals surface area contributed by atoms with Crippen molar-refractivity contribution < 1.29 is 15.0 Å². The van der Waals surface area contributed by atoms with Crippen LogP contribution in [-0.4, -0.2) is 16.2 Å². The molecule has 1 aliphatic rings. The van der Waals surface area contributed by atoms with Gasteiger partial charge in [0.05, 0.1) is 16.9 Å². The van der Waals surface area contributed by atoms with Gasteiger partial charge in [-0.15, -0.1) is 5.53 Å². The van der Waals surface area contributed by atoms with Crippen LogP contribution in [0, 0.1) is 0 Å². The number of nitrogens with one attached hydrogen (secondary N) is 2. The van der Waals surface area contributed by atoms with Crippen LogP contribution in [0.1, 0.15) is 63.0 Å². The van der Waals surface area contributed by atoms with E-state index in [1.165, 1.54) is 0 Å². The molecule has 0 aromatic heterocycles. The van der Waals surface area contributed by atoms with E-state index in [0.717, 1.165) is 16.8 Å². The summed E-state index contributed by atoms with van der Waals surface area (Å²) in [6, 6.07) is 8.89. The molecule has 3 rings (SSSR count). The number of carboxylic acid groups (broad SMARTS) is 1. The second-order valence-corrected chi connectivity index (χ2v) is 9.00. The Labute approximate surface area is 159 Å². The number of hydrogen-bond acceptors (Lipinski definition) is 5. The fourth-order valence-electron chi connectivity index (χ4n) is 3.12. The molecule has 0 amide bonds. The smallest absolute Gasteiger partial charge is 0.335 e. The number of phenolic OH excluding ortho intramolecular Hbond substituents is 1. The molecule has 0 saturated heterocycles. The normalized spacial score (nSPS) is 14.1. The Morgan fingerprint density at radius 3 is 2.19 bits per heavy atom. The number of benzene rings is 2. The first-order valence-corrected chi connectivity index (χ1v) is 8.96. The van der Waals surface area contributed by atoms with Crippen molar-refractivity contribution in [1.82, 2.24) is 5.53 Å². The standard InChI is InChI=1S/C21H27N3O3/c1-20(2,3)13-10-14(21(4,5)6)18(25)17(11-13)24-16-8-7-12(19(26)27)9-15(16)22-23-24/h7-11,22-23,25H,1-6H3,(H,26,27). The Bertz CT molecular complexity index is 908. The van der Waals surface area contributed by atoms with Crippen LogP contribution < -0.4 is 16.0 Å². The first-order valence-electron chi connectivity index (χ1n) is 8.96. The van der Waals surface area contributed by atoms with Crippen LogP contribution in [0.15, 0.2) is 30.3 Å². The second-order valence-electron chi connectivity index (χ2n) is 9.00. The van der Waals surface area contributed by atoms with Crippen molar-refractivity contribution in [1.29, 1.82) is 0 Å². The number of hydrazine groups is 2. The van der Waals surface area contributed by atoms with Crippen LogP contribution >= 0.6 is 0 Å². The largest absolute Gasteiger partial charge is 0.505 e. The number of anilines is 3. The van der Waals surface area contributed by atoms with Crippen LogP contribution in [0.4, 0.5) is 17.1 Å². The lowest BCUT2D eigenvalue weighted by molar-refractivity contribution is 0.0697. The quantitative estimate of drug-likeness (QED) is 0.616. The maximum Gasteiger partial charge on any atom is 0.335 e. The first kappa shape index (κ1) is 19.0. The van der Waals surface area contributed by atoms with Gasteiger partial charge in [0.1, 0.15) is 11.4 Å². The molecule has 144 valence electrons. The number of carboxylic acids is 1. The number of fused-ring (bicyclic) bond motifs is 1. The molecule has 0 atom stereocenters. The van der Waals surface area contributed by atoms with E-state index in [2.05, 4.69) is 58.6 Å². The lowest BCUT2D eigenvalue weighted by Crippen LogP contribution is -2.32. The molecule has 2 aromatic carbocycles. The van der Waals surface area contributed by atoms with Gasteiger partial charge in [-0.2, -0.15) is 0 Å². The molecule has 2 aromatic rings. The number of nitrogens with zero attached hydrogens (tertiary/aromatic N) is 1. The van der Waals surface area contributed by atoms with E-state index in [1.807, 2.05) is 6.07 Å². The third kappa shape index (κ3) is 3.45. The topological polar surface area (TPSA) is 84.8 Å². The van der Waals surface area contributed by atoms with Crippen LogP contribution in [0.3, 0.4) is 0 Å². The molecule has 0 radical (unpaired) electrons. The molecule has 0 saturated carbocycles. The SMILES string of the molecule is CC(C)(C)c1cc(N2NNc3cc(C(=O)O)ccc32)c(O)c(C(C)(C)C)c1. The van der Waals surface area contributed by atoms with Gasteiger partial charge in [0.2, 0.25) is 0 Å². The number of hydrogen-bond donors (Lipinski definition) is 4. The predicted molar refractivity (Wildman–Crippen MR) is 108 cm³/mol. The van der Waals surface area contributed by atoms with Gasteiger partial charge in [-0.05, 0) is 40.7 Å². The van der Waals surface area contributed by atoms with E-state index in [9.17, 15) is 15.0 Å². The summed E-state index contributed by atoms with van der Waals surface area (Å²) in [5, 5.41) is 22.0. The Morgan fingerprint density at radius 1 is 0.963 bits per heavy atom. The monoisotopic (exact) mass is 369 g/mol. The van der Waals surface area contributed by atoms with Gasteiger partial charge in [-0.1, -0.05) is 47.6 Å². The molecule has 0 unspecified atom stereocenters. The number of rotatable bonds is 2. The second kappa shape index (κ2) is 6.16. The van der Waals surface area contributed by atoms with Crippen LogP contribution in [0.2, 0.25) is 0 Å². The van der Waals surface area contributed by atoms with Gasteiger partial charge in [-0.25, -0.2) is 4.79 Å². The van der Waals surface area contributed by atoms with Crippen molar-refractivity contribution in [3.05, 3.63) is 47.0 Å². The maximum atomic E-state index is 11.2. The molecule has 0 aliphatic carbocycles. The van der Waals surface area contributed by atoms with E-state index in [4.69, 9.17) is 0 Å². The van der Waals surface area contributed by atoms with Crippen molar-refractivity contribution in [3.63, 3.8) is 0 Å². The van der Waals surface area contributed by atoms with Gasteiger partial charge in [-0.3, -0.25) is 5.01 Å². The van der Waals surface area contributed by atoms with Gasteiger partial charge >= 0.3 is 5.97 Å². The van der Waals surface area contributed by atoms with E-state index < -0.39 is 5.97 Å². The molecule has 6 nitrogen and oxygen atoms in total. The molecular formula is C21H27N3O3. The Hall–Kier alpha value is -2.73. The van der Waals surface area contributed by atoms with Gasteiger partial charge < -0.3 is 15.6 Å². The molecule has 6 heteroatoms. The van der Waals surface area contributed by atoms with E-state index >= 15 is 0 Å². The highest BCUT2D eigenvalue weighted by Gasteiger charge is 2.30. The van der Waals surface area contributed by atoms with Crippen molar-refractivity contribution in [2.75, 3.05) is 10.4 Å². The highest BCUT2D eigenvalue weighted by Crippen LogP contribution is 2.45. The average Bonchev–Trinajstić information content (AvgIpc) is 2.95. The van der Waals surface area contributed by atoms with Crippen LogP contribution in [0.25, 0.3) is 0 Å². The lowest BCUT2D eigenvalue weighted by Gasteiger charge is -2.30. The van der Waals surface area contributed by atoms with Crippen LogP contribution in [0.5, 0.6) is 5.75 Å². The highest BCUT2D eigenvalue weighted by molar-refractivity contribution is 5.92. The predicted octanol–water partition coefficient (Wildman–Crippen LogP) is 4.67. The molecule has 0 fully saturated rings. The molecular weight excluding hydrogens is 342 g/mol. The number of carbonyl (C=O) groups is 1. The Balaban J connectivity index is 2.18. The number of phenols is 1. The highest BCUT2D eigenvalue weighted by atomic mass is 16.4. The zero-order valence-corrected chi connectivity index (χ0v) is 16.6. The average molecular weight is 369 g/mol. The number of aromatic carboxylic acids is 1. The molecule has 1 heterocycles. The minimum Gasteiger partial charge on any atom is -0.505 e. The minimum atomic E-state index is -0.981. The summed E-state index contributed by atoms with van der Waals surface area (Å²) in [6.07, 6.45) is 0. The fraction of sp³-hybridized carbons (Fsp3) is 0.381. The van der Waals surface area contributed by atoms with Crippen LogP contribution in [-0.2, 0) is 10.8 Å². The van der Waals surface area contributed by atoms with E-state index in [-0.39, 0.29) is 22.1 Å².